The van der Waals surface area contributed by atoms with Crippen LogP contribution in [0.25, 0.3) is 0 Å². The van der Waals surface area contributed by atoms with Gasteiger partial charge in [0.2, 0.25) is 0 Å². The molecule has 0 atom stereocenters. The molecule has 10 rings (SSSR count). The molecular formula is C75H74Ge4O7. The van der Waals surface area contributed by atoms with Crippen molar-refractivity contribution in [2.75, 3.05) is 14.2 Å². The van der Waals surface area contributed by atoms with Gasteiger partial charge in [-0.25, -0.2) is 0 Å². The fraction of sp³-hybridized carbons (Fsp3) is 0.133. The van der Waals surface area contributed by atoms with Gasteiger partial charge in [-0.2, -0.15) is 0 Å². The van der Waals surface area contributed by atoms with Crippen molar-refractivity contribution in [1.82, 2.24) is 0 Å². The number of ether oxygens (including phenoxy) is 2. The summed E-state index contributed by atoms with van der Waals surface area (Å²) in [6, 6.07) is 96.5. The zero-order chi connectivity index (χ0) is 61.0. The van der Waals surface area contributed by atoms with E-state index in [0.29, 0.717) is 58.2 Å². The van der Waals surface area contributed by atoms with Gasteiger partial charge in [0.05, 0.1) is 0 Å². The van der Waals surface area contributed by atoms with Crippen molar-refractivity contribution in [2.45, 2.75) is 48.7 Å². The molecular weight excluding hydrogens is 1300 g/mol. The molecule has 0 spiro atoms. The van der Waals surface area contributed by atoms with Crippen LogP contribution in [0.4, 0.5) is 4.79 Å². The van der Waals surface area contributed by atoms with Crippen LogP contribution in [0.1, 0.15) is 69.1 Å². The first kappa shape index (κ1) is 64.3. The molecule has 0 aliphatic rings. The number of hydrogen-bond donors (Lipinski definition) is 0. The van der Waals surface area contributed by atoms with Crippen molar-refractivity contribution in [1.29, 1.82) is 0 Å². The first-order chi connectivity index (χ1) is 42.0. The molecule has 0 N–H and O–H groups in total. The zero-order valence-corrected chi connectivity index (χ0v) is 58.3. The Balaban J connectivity index is 0.000000180. The summed E-state index contributed by atoms with van der Waals surface area (Å²) in [7, 11) is 3.18. The van der Waals surface area contributed by atoms with Gasteiger partial charge in [0.1, 0.15) is 0 Å². The van der Waals surface area contributed by atoms with E-state index in [1.807, 2.05) is 88.4 Å². The monoisotopic (exact) mass is 1380 g/mol. The molecule has 0 radical (unpaired) electrons. The predicted octanol–water partition coefficient (Wildman–Crippen LogP) is 13.3. The van der Waals surface area contributed by atoms with E-state index in [1.54, 1.807) is 62.8 Å². The summed E-state index contributed by atoms with van der Waals surface area (Å²) >= 11 is -14.9. The van der Waals surface area contributed by atoms with Gasteiger partial charge in [-0.05, 0) is 0 Å². The molecule has 0 bridgehead atoms. The van der Waals surface area contributed by atoms with Gasteiger partial charge >= 0.3 is 523 Å². The van der Waals surface area contributed by atoms with Crippen LogP contribution >= 0.6 is 0 Å². The number of carbonyl (C=O) groups is 5. The first-order valence-electron chi connectivity index (χ1n) is 29.4. The third-order valence-corrected chi connectivity index (χ3v) is 62.8. The van der Waals surface area contributed by atoms with E-state index in [-0.39, 0.29) is 18.5 Å². The standard InChI is InChI=1S/C37H30Ge2O.C20H24GeO4.C18H20GeO2/c40-37(38(31-19-7-1-8-20-31,32-21-9-2-10-22-32)33-23-11-3-12-24-33)39(34-25-13-4-14-26-34,35-27-15-5-16-28-35)36-29-17-6-18-30-36;1-5-21(6-2,19(22)15-7-11-17(24-3)12-8-15)20(23)16-9-13-18(25-4)14-10-16;1-3-19(4-2,17(20)15-11-7-5-8-12-15)18(21)16-13-9-6-10-14-16/h1-30H;7-14H,5-6H2,1-4H3;5-14H,3-4H2,1-2H3. The third-order valence-electron chi connectivity index (χ3n) is 16.9. The zero-order valence-electron chi connectivity index (χ0n) is 49.9. The van der Waals surface area contributed by atoms with Crippen LogP contribution in [0.5, 0.6) is 11.5 Å². The molecule has 86 heavy (non-hydrogen) atoms. The number of rotatable bonds is 22. The summed E-state index contributed by atoms with van der Waals surface area (Å²) < 4.78 is 18.1. The number of benzene rings is 10. The SMILES string of the molecule is C[CH2][Ge]([CH2]C)([C](=O)c1ccc(OC)cc1)[C](=O)c1ccc(OC)cc1.C[CH2][Ge]([CH2]C)([C](=O)c1ccccc1)[C](=O)c1ccccc1.O=[C]([Ge]([c]1ccccc1)([c]1ccccc1)[c]1ccccc1)[Ge]([c]1ccccc1)([c]1ccccc1)[c]1ccccc1. The maximum absolute atomic E-state index is 16.5. The molecule has 0 aromatic heterocycles. The molecule has 0 aliphatic carbocycles. The molecule has 0 aliphatic heterocycles. The van der Waals surface area contributed by atoms with Crippen LogP contribution in [0, 0.1) is 0 Å². The Morgan fingerprint density at radius 3 is 0.605 bits per heavy atom. The van der Waals surface area contributed by atoms with Crippen LogP contribution in [-0.4, -0.2) is 89.2 Å². The quantitative estimate of drug-likeness (QED) is 0.0623. The Morgan fingerprint density at radius 1 is 0.256 bits per heavy atom. The molecule has 7 nitrogen and oxygen atoms in total. The second kappa shape index (κ2) is 30.6. The molecule has 0 fully saturated rings. The Labute approximate surface area is 518 Å². The topological polar surface area (TPSA) is 104 Å². The maximum atomic E-state index is 16.5. The van der Waals surface area contributed by atoms with Gasteiger partial charge in [0.15, 0.2) is 0 Å². The summed E-state index contributed by atoms with van der Waals surface area (Å²) in [5.74, 6) is 1.40. The molecule has 10 aromatic carbocycles. The van der Waals surface area contributed by atoms with Crippen molar-refractivity contribution >= 4 is 101 Å². The Morgan fingerprint density at radius 2 is 0.430 bits per heavy atom. The molecule has 0 amide bonds. The number of hydrogen-bond acceptors (Lipinski definition) is 7. The van der Waals surface area contributed by atoms with Crippen molar-refractivity contribution in [3.63, 3.8) is 0 Å². The molecule has 0 saturated carbocycles. The van der Waals surface area contributed by atoms with E-state index < -0.39 is 53.1 Å². The minimum absolute atomic E-state index is 0.0356. The molecule has 11 heteroatoms. The van der Waals surface area contributed by atoms with Crippen molar-refractivity contribution in [2.24, 2.45) is 0 Å². The summed E-state index contributed by atoms with van der Waals surface area (Å²) in [5.41, 5.74) is 2.58. The minimum atomic E-state index is -4.05. The third kappa shape index (κ3) is 13.3. The van der Waals surface area contributed by atoms with Crippen LogP contribution in [0.15, 0.2) is 291 Å². The van der Waals surface area contributed by atoms with E-state index in [2.05, 4.69) is 182 Å². The predicted molar refractivity (Wildman–Crippen MR) is 363 cm³/mol. The second-order valence-electron chi connectivity index (χ2n) is 21.1. The number of methoxy groups -OCH3 is 2. The number of carbonyl (C=O) groups excluding carboxylic acids is 5. The summed E-state index contributed by atoms with van der Waals surface area (Å²) in [6.45, 7) is 7.91. The van der Waals surface area contributed by atoms with Gasteiger partial charge in [0, 0.05) is 0 Å². The van der Waals surface area contributed by atoms with E-state index >= 15 is 4.79 Å². The van der Waals surface area contributed by atoms with Gasteiger partial charge in [-0.15, -0.1) is 0 Å². The van der Waals surface area contributed by atoms with E-state index in [4.69, 9.17) is 9.47 Å². The van der Waals surface area contributed by atoms with Gasteiger partial charge < -0.3 is 0 Å². The fourth-order valence-corrected chi connectivity index (χ4v) is 59.3. The van der Waals surface area contributed by atoms with Gasteiger partial charge in [0.25, 0.3) is 0 Å². The molecule has 0 saturated heterocycles. The fourth-order valence-electron chi connectivity index (χ4n) is 12.0. The van der Waals surface area contributed by atoms with Crippen LogP contribution < -0.4 is 35.8 Å². The average molecular weight is 1380 g/mol. The van der Waals surface area contributed by atoms with Crippen molar-refractivity contribution < 1.29 is 33.4 Å². The summed E-state index contributed by atoms with van der Waals surface area (Å²) in [6.07, 6.45) is 0. The van der Waals surface area contributed by atoms with E-state index in [1.165, 1.54) is 26.4 Å². The first-order valence-corrected chi connectivity index (χ1v) is 47.9. The van der Waals surface area contributed by atoms with E-state index in [9.17, 15) is 19.2 Å². The summed E-state index contributed by atoms with van der Waals surface area (Å²) in [4.78, 5) is 69.0. The van der Waals surface area contributed by atoms with E-state index in [0.717, 1.165) is 0 Å². The van der Waals surface area contributed by atoms with Crippen LogP contribution in [-0.2, 0) is 0 Å². The normalized spacial score (nSPS) is 11.3. The van der Waals surface area contributed by atoms with Crippen molar-refractivity contribution in [3.8, 4) is 11.5 Å². The van der Waals surface area contributed by atoms with Crippen LogP contribution in [0.2, 0.25) is 21.0 Å². The Hall–Kier alpha value is -7.68. The average Bonchev–Trinajstić information content (AvgIpc) is 0.738. The molecule has 432 valence electrons. The Kier molecular flexibility index (Phi) is 22.9. The second-order valence-corrected chi connectivity index (χ2v) is 57.6. The summed E-state index contributed by atoms with van der Waals surface area (Å²) in [5, 5.41) is 2.65. The van der Waals surface area contributed by atoms with Crippen molar-refractivity contribution in [3.05, 3.63) is 313 Å². The van der Waals surface area contributed by atoms with Gasteiger partial charge in [-0.1, -0.05) is 0 Å². The molecule has 10 aromatic rings. The molecule has 0 unspecified atom stereocenters. The van der Waals surface area contributed by atoms with Gasteiger partial charge in [-0.3, -0.25) is 0 Å². The molecule has 0 heterocycles. The Bertz CT molecular complexity index is 3340. The van der Waals surface area contributed by atoms with Crippen LogP contribution in [0.3, 0.4) is 0 Å².